The second-order valence-corrected chi connectivity index (χ2v) is 5.17. The van der Waals surface area contributed by atoms with E-state index < -0.39 is 0 Å². The highest BCUT2D eigenvalue weighted by molar-refractivity contribution is 7.19. The van der Waals surface area contributed by atoms with Gasteiger partial charge in [-0.05, 0) is 31.2 Å². The van der Waals surface area contributed by atoms with Crippen molar-refractivity contribution in [2.24, 2.45) is 0 Å². The van der Waals surface area contributed by atoms with Gasteiger partial charge in [0, 0.05) is 16.5 Å². The summed E-state index contributed by atoms with van der Waals surface area (Å²) < 4.78 is 0. The molecule has 16 heavy (non-hydrogen) atoms. The van der Waals surface area contributed by atoms with Crippen LogP contribution in [0.25, 0.3) is 10.2 Å². The van der Waals surface area contributed by atoms with Gasteiger partial charge in [0.1, 0.15) is 10.9 Å². The predicted octanol–water partition coefficient (Wildman–Crippen LogP) is 2.63. The van der Waals surface area contributed by atoms with Crippen LogP contribution in [0.1, 0.15) is 28.8 Å². The highest BCUT2D eigenvalue weighted by Gasteiger charge is 2.19. The van der Waals surface area contributed by atoms with E-state index in [1.54, 1.807) is 17.5 Å². The Morgan fingerprint density at radius 2 is 2.19 bits per heavy atom. The highest BCUT2D eigenvalue weighted by Crippen LogP contribution is 2.38. The number of aromatic nitrogens is 1. The first-order valence-corrected chi connectivity index (χ1v) is 6.21. The van der Waals surface area contributed by atoms with Crippen LogP contribution in [0.15, 0.2) is 6.20 Å². The van der Waals surface area contributed by atoms with Crippen molar-refractivity contribution in [2.45, 2.75) is 25.7 Å². The van der Waals surface area contributed by atoms with Gasteiger partial charge in [0.25, 0.3) is 0 Å². The van der Waals surface area contributed by atoms with Gasteiger partial charge in [-0.1, -0.05) is 0 Å². The molecule has 0 fully saturated rings. The molecule has 0 unspecified atom stereocenters. The summed E-state index contributed by atoms with van der Waals surface area (Å²) in [5.74, 6) is 0. The summed E-state index contributed by atoms with van der Waals surface area (Å²) >= 11 is 1.73. The average Bonchev–Trinajstić information content (AvgIpc) is 2.68. The lowest BCUT2D eigenvalue weighted by Gasteiger charge is -2.11. The van der Waals surface area contributed by atoms with E-state index in [0.29, 0.717) is 11.3 Å². The van der Waals surface area contributed by atoms with E-state index in [9.17, 15) is 0 Å². The smallest absolute Gasteiger partial charge is 0.125 e. The molecule has 2 aromatic heterocycles. The van der Waals surface area contributed by atoms with Crippen molar-refractivity contribution < 1.29 is 0 Å². The van der Waals surface area contributed by atoms with Crippen molar-refractivity contribution in [3.63, 3.8) is 0 Å². The molecule has 0 saturated carbocycles. The Morgan fingerprint density at radius 3 is 3.00 bits per heavy atom. The number of nitrogens with two attached hydrogens (primary N) is 1. The molecular weight excluding hydrogens is 218 g/mol. The van der Waals surface area contributed by atoms with E-state index in [-0.39, 0.29) is 0 Å². The van der Waals surface area contributed by atoms with Crippen molar-refractivity contribution in [2.75, 3.05) is 5.73 Å². The van der Waals surface area contributed by atoms with Crippen LogP contribution >= 0.6 is 11.3 Å². The van der Waals surface area contributed by atoms with Crippen LogP contribution in [-0.2, 0) is 12.8 Å². The van der Waals surface area contributed by atoms with Crippen molar-refractivity contribution in [1.29, 1.82) is 5.26 Å². The normalized spacial score (nSPS) is 14.7. The third-order valence-corrected chi connectivity index (χ3v) is 4.34. The van der Waals surface area contributed by atoms with Gasteiger partial charge in [-0.15, -0.1) is 11.3 Å². The maximum atomic E-state index is 8.95. The molecule has 0 saturated heterocycles. The molecule has 3 nitrogen and oxygen atoms in total. The van der Waals surface area contributed by atoms with Gasteiger partial charge in [-0.3, -0.25) is 0 Å². The van der Waals surface area contributed by atoms with Gasteiger partial charge in [-0.2, -0.15) is 5.26 Å². The fourth-order valence-corrected chi connectivity index (χ4v) is 3.58. The molecule has 80 valence electrons. The molecule has 0 spiro atoms. The molecule has 0 amide bonds. The Hall–Kier alpha value is -1.60. The molecule has 0 aromatic carbocycles. The van der Waals surface area contributed by atoms with E-state index >= 15 is 0 Å². The van der Waals surface area contributed by atoms with Crippen LogP contribution < -0.4 is 5.73 Å². The Bertz CT molecular complexity index is 607. The lowest BCUT2D eigenvalue weighted by molar-refractivity contribution is 0.700. The quantitative estimate of drug-likeness (QED) is 0.755. The molecule has 0 bridgehead atoms. The monoisotopic (exact) mass is 229 g/mol. The third kappa shape index (κ3) is 1.22. The minimum atomic E-state index is 0.499. The van der Waals surface area contributed by atoms with Crippen molar-refractivity contribution in [3.8, 4) is 6.07 Å². The Morgan fingerprint density at radius 1 is 1.38 bits per heavy atom. The van der Waals surface area contributed by atoms with Crippen LogP contribution in [-0.4, -0.2) is 4.98 Å². The minimum absolute atomic E-state index is 0.499. The number of aryl methyl sites for hydroxylation is 2. The summed E-state index contributed by atoms with van der Waals surface area (Å²) in [5, 5.41) is 9.99. The fourth-order valence-electron chi connectivity index (χ4n) is 2.34. The number of hydrogen-bond acceptors (Lipinski definition) is 4. The predicted molar refractivity (Wildman–Crippen MR) is 65.4 cm³/mol. The average molecular weight is 229 g/mol. The zero-order chi connectivity index (χ0) is 11.1. The number of anilines is 1. The first kappa shape index (κ1) is 9.61. The summed E-state index contributed by atoms with van der Waals surface area (Å²) in [5.41, 5.74) is 8.50. The van der Waals surface area contributed by atoms with Crippen LogP contribution in [0.2, 0.25) is 0 Å². The van der Waals surface area contributed by atoms with Crippen LogP contribution in [0, 0.1) is 11.3 Å². The number of pyridine rings is 1. The van der Waals surface area contributed by atoms with Gasteiger partial charge in [0.05, 0.1) is 11.3 Å². The minimum Gasteiger partial charge on any atom is -0.397 e. The van der Waals surface area contributed by atoms with E-state index in [0.717, 1.165) is 23.1 Å². The lowest BCUT2D eigenvalue weighted by Crippen LogP contribution is -2.00. The van der Waals surface area contributed by atoms with Crippen molar-refractivity contribution >= 4 is 27.2 Å². The Labute approximate surface area is 97.5 Å². The molecule has 1 aliphatic rings. The van der Waals surface area contributed by atoms with E-state index in [1.165, 1.54) is 23.3 Å². The number of fused-ring (bicyclic) bond motifs is 3. The molecule has 0 radical (unpaired) electrons. The number of nitrogen functional groups attached to an aromatic ring is 1. The van der Waals surface area contributed by atoms with Gasteiger partial charge in [0.15, 0.2) is 0 Å². The van der Waals surface area contributed by atoms with Gasteiger partial charge in [-0.25, -0.2) is 4.98 Å². The number of thiophene rings is 1. The second kappa shape index (κ2) is 3.46. The Balaban J connectivity index is 2.38. The van der Waals surface area contributed by atoms with Crippen LogP contribution in [0.4, 0.5) is 5.69 Å². The van der Waals surface area contributed by atoms with Crippen molar-refractivity contribution in [1.82, 2.24) is 4.98 Å². The van der Waals surface area contributed by atoms with Gasteiger partial charge in [0.2, 0.25) is 0 Å². The van der Waals surface area contributed by atoms with E-state index in [2.05, 4.69) is 11.1 Å². The van der Waals surface area contributed by atoms with Gasteiger partial charge < -0.3 is 5.73 Å². The molecule has 0 aliphatic heterocycles. The lowest BCUT2D eigenvalue weighted by atomic mass is 9.96. The van der Waals surface area contributed by atoms with Crippen LogP contribution in [0.3, 0.4) is 0 Å². The zero-order valence-corrected chi connectivity index (χ0v) is 9.60. The molecule has 4 heteroatoms. The molecule has 3 rings (SSSR count). The standard InChI is InChI=1S/C12H11N3S/c13-5-7-6-15-12-10(11(7)14)8-3-1-2-4-9(8)16-12/h6H,1-4H2,(H2,14,15). The summed E-state index contributed by atoms with van der Waals surface area (Å²) in [7, 11) is 0. The number of nitriles is 1. The molecule has 2 aromatic rings. The second-order valence-electron chi connectivity index (χ2n) is 4.09. The summed E-state index contributed by atoms with van der Waals surface area (Å²) in [6, 6.07) is 2.10. The first-order valence-electron chi connectivity index (χ1n) is 5.40. The molecule has 2 N–H and O–H groups in total. The molecule has 0 atom stereocenters. The fraction of sp³-hybridized carbons (Fsp3) is 0.333. The topological polar surface area (TPSA) is 62.7 Å². The number of nitrogens with zero attached hydrogens (tertiary/aromatic N) is 2. The Kier molecular flexibility index (Phi) is 2.08. The maximum absolute atomic E-state index is 8.95. The molecule has 1 aliphatic carbocycles. The highest BCUT2D eigenvalue weighted by atomic mass is 32.1. The van der Waals surface area contributed by atoms with Crippen LogP contribution in [0.5, 0.6) is 0 Å². The largest absolute Gasteiger partial charge is 0.397 e. The number of hydrogen-bond donors (Lipinski definition) is 1. The summed E-state index contributed by atoms with van der Waals surface area (Å²) in [6.07, 6.45) is 6.27. The molecule has 2 heterocycles. The number of rotatable bonds is 0. The van der Waals surface area contributed by atoms with E-state index in [1.807, 2.05) is 0 Å². The van der Waals surface area contributed by atoms with Gasteiger partial charge >= 0.3 is 0 Å². The zero-order valence-electron chi connectivity index (χ0n) is 8.79. The summed E-state index contributed by atoms with van der Waals surface area (Å²) in [4.78, 5) is 6.74. The SMILES string of the molecule is N#Cc1cnc2sc3c(c2c1N)CCCC3. The van der Waals surface area contributed by atoms with E-state index in [4.69, 9.17) is 11.0 Å². The first-order chi connectivity index (χ1) is 7.81. The maximum Gasteiger partial charge on any atom is 0.125 e. The summed E-state index contributed by atoms with van der Waals surface area (Å²) in [6.45, 7) is 0. The third-order valence-electron chi connectivity index (χ3n) is 3.14. The van der Waals surface area contributed by atoms with Crippen molar-refractivity contribution in [3.05, 3.63) is 22.2 Å². The molecular formula is C12H11N3S.